The molecule has 0 spiro atoms. The van der Waals surface area contributed by atoms with Crippen LogP contribution >= 0.6 is 15.8 Å². The highest BCUT2D eigenvalue weighted by Gasteiger charge is 2.14. The Morgan fingerprint density at radius 2 is 0.679 bits per heavy atom. The molecule has 162 valence electrons. The molecule has 0 bridgehead atoms. The van der Waals surface area contributed by atoms with Crippen molar-refractivity contribution in [3.63, 3.8) is 0 Å². The normalized spacial score (nSPS) is 11.6. The Labute approximate surface area is 180 Å². The van der Waals surface area contributed by atoms with Crippen LogP contribution in [0, 0.1) is 0 Å². The van der Waals surface area contributed by atoms with Crippen LogP contribution in [0.1, 0.15) is 105 Å². The second kappa shape index (κ2) is 17.9. The Bertz CT molecular complexity index is 391. The van der Waals surface area contributed by atoms with Crippen molar-refractivity contribution in [2.45, 2.75) is 105 Å². The summed E-state index contributed by atoms with van der Waals surface area (Å²) in [5.41, 5.74) is 0. The minimum Gasteiger partial charge on any atom is -0.0753 e. The zero-order valence-corrected chi connectivity index (χ0v) is 21.3. The first-order valence-corrected chi connectivity index (χ1v) is 15.8. The molecule has 0 saturated heterocycles. The van der Waals surface area contributed by atoms with Crippen LogP contribution in [-0.4, -0.2) is 24.6 Å². The monoisotopic (exact) mass is 422 g/mol. The maximum atomic E-state index is 2.54. The molecule has 1 aromatic rings. The van der Waals surface area contributed by atoms with Gasteiger partial charge >= 0.3 is 0 Å². The third kappa shape index (κ3) is 11.3. The molecule has 1 rings (SSSR count). The van der Waals surface area contributed by atoms with Crippen molar-refractivity contribution in [3.8, 4) is 0 Å². The molecule has 0 aliphatic heterocycles. The molecule has 0 heterocycles. The van der Waals surface area contributed by atoms with E-state index < -0.39 is 0 Å². The average molecular weight is 423 g/mol. The van der Waals surface area contributed by atoms with Gasteiger partial charge in [-0.1, -0.05) is 119 Å². The molecule has 28 heavy (non-hydrogen) atoms. The largest absolute Gasteiger partial charge is 0.0753 e. The van der Waals surface area contributed by atoms with E-state index in [1.54, 1.807) is 10.6 Å². The summed E-state index contributed by atoms with van der Waals surface area (Å²) in [6.07, 6.45) is 22.5. The Kier molecular flexibility index (Phi) is 16.7. The zero-order valence-electron chi connectivity index (χ0n) is 19.5. The van der Waals surface area contributed by atoms with Crippen molar-refractivity contribution < 1.29 is 0 Å². The molecular weight excluding hydrogens is 374 g/mol. The van der Waals surface area contributed by atoms with Gasteiger partial charge in [0.05, 0.1) is 0 Å². The lowest BCUT2D eigenvalue weighted by Gasteiger charge is -2.21. The summed E-state index contributed by atoms with van der Waals surface area (Å²) in [4.78, 5) is 0. The van der Waals surface area contributed by atoms with Gasteiger partial charge in [-0.3, -0.25) is 0 Å². The summed E-state index contributed by atoms with van der Waals surface area (Å²) >= 11 is 0. The minimum atomic E-state index is 0.0693. The minimum absolute atomic E-state index is 0.0693. The molecule has 1 aromatic carbocycles. The Morgan fingerprint density at radius 3 is 0.893 bits per heavy atom. The van der Waals surface area contributed by atoms with Gasteiger partial charge in [0.1, 0.15) is 0 Å². The third-order valence-corrected chi connectivity index (χ3v) is 11.2. The fourth-order valence-corrected chi connectivity index (χ4v) is 8.87. The van der Waals surface area contributed by atoms with Crippen molar-refractivity contribution in [2.75, 3.05) is 24.6 Å². The predicted octanol–water partition coefficient (Wildman–Crippen LogP) is 8.66. The molecular formula is C26H48P2. The van der Waals surface area contributed by atoms with Crippen LogP contribution in [-0.2, 0) is 0 Å². The molecule has 0 fully saturated rings. The van der Waals surface area contributed by atoms with E-state index in [0.717, 1.165) is 0 Å². The van der Waals surface area contributed by atoms with Gasteiger partial charge in [-0.25, -0.2) is 0 Å². The molecule has 2 heteroatoms. The Balaban J connectivity index is 2.75. The maximum Gasteiger partial charge on any atom is -0.0240 e. The standard InChI is InChI=1S/C26H48P2/c1-5-9-13-21-27(22-14-10-6-2)25-17-19-26(20-18-25)28(23-15-11-7-3)24-16-12-8-4/h17-20H,5-16,21-24H2,1-4H3. The summed E-state index contributed by atoms with van der Waals surface area (Å²) in [7, 11) is 0.139. The van der Waals surface area contributed by atoms with Gasteiger partial charge in [0, 0.05) is 0 Å². The first-order valence-electron chi connectivity index (χ1n) is 12.4. The highest BCUT2D eigenvalue weighted by Crippen LogP contribution is 2.39. The molecule has 0 saturated carbocycles. The fourth-order valence-electron chi connectivity index (χ4n) is 3.82. The second-order valence-electron chi connectivity index (χ2n) is 8.32. The lowest BCUT2D eigenvalue weighted by molar-refractivity contribution is 0.763. The predicted molar refractivity (Wildman–Crippen MR) is 137 cm³/mol. The SMILES string of the molecule is CCCCCP(CCCCC)c1ccc(P(CCCCC)CCCCC)cc1. The molecule has 0 radical (unpaired) electrons. The first kappa shape index (κ1) is 26.1. The van der Waals surface area contributed by atoms with Crippen LogP contribution in [0.5, 0.6) is 0 Å². The van der Waals surface area contributed by atoms with Crippen LogP contribution in [0.4, 0.5) is 0 Å². The summed E-state index contributed by atoms with van der Waals surface area (Å²) < 4.78 is 0. The van der Waals surface area contributed by atoms with E-state index in [0.29, 0.717) is 0 Å². The lowest BCUT2D eigenvalue weighted by atomic mass is 10.3. The highest BCUT2D eigenvalue weighted by molar-refractivity contribution is 7.66. The van der Waals surface area contributed by atoms with E-state index in [9.17, 15) is 0 Å². The number of benzene rings is 1. The van der Waals surface area contributed by atoms with Gasteiger partial charge in [-0.05, 0) is 60.9 Å². The number of unbranched alkanes of at least 4 members (excludes halogenated alkanes) is 8. The van der Waals surface area contributed by atoms with Crippen molar-refractivity contribution in [1.29, 1.82) is 0 Å². The Hall–Kier alpha value is 0.0800. The van der Waals surface area contributed by atoms with Crippen LogP contribution in [0.2, 0.25) is 0 Å². The average Bonchev–Trinajstić information content (AvgIpc) is 2.72. The summed E-state index contributed by atoms with van der Waals surface area (Å²) in [5, 5.41) is 3.37. The molecule has 0 nitrogen and oxygen atoms in total. The lowest BCUT2D eigenvalue weighted by Crippen LogP contribution is -2.12. The molecule has 0 N–H and O–H groups in total. The summed E-state index contributed by atoms with van der Waals surface area (Å²) in [5.74, 6) is 0. The number of hydrogen-bond donors (Lipinski definition) is 0. The molecule has 0 aliphatic carbocycles. The maximum absolute atomic E-state index is 2.54. The van der Waals surface area contributed by atoms with Crippen LogP contribution in [0.25, 0.3) is 0 Å². The highest BCUT2D eigenvalue weighted by atomic mass is 31.1. The molecule has 0 aliphatic rings. The number of rotatable bonds is 18. The van der Waals surface area contributed by atoms with Gasteiger partial charge in [0.25, 0.3) is 0 Å². The quantitative estimate of drug-likeness (QED) is 0.164. The van der Waals surface area contributed by atoms with Crippen molar-refractivity contribution >= 4 is 26.5 Å². The summed E-state index contributed by atoms with van der Waals surface area (Å²) in [6.45, 7) is 9.31. The van der Waals surface area contributed by atoms with Gasteiger partial charge in [0.2, 0.25) is 0 Å². The fraction of sp³-hybridized carbons (Fsp3) is 0.769. The van der Waals surface area contributed by atoms with E-state index in [1.165, 1.54) is 102 Å². The molecule has 0 aromatic heterocycles. The smallest absolute Gasteiger partial charge is 0.0240 e. The van der Waals surface area contributed by atoms with E-state index in [2.05, 4.69) is 52.0 Å². The van der Waals surface area contributed by atoms with Crippen molar-refractivity contribution in [2.24, 2.45) is 0 Å². The molecule has 0 amide bonds. The van der Waals surface area contributed by atoms with Gasteiger partial charge in [-0.15, -0.1) is 0 Å². The van der Waals surface area contributed by atoms with Crippen LogP contribution < -0.4 is 10.6 Å². The topological polar surface area (TPSA) is 0 Å². The zero-order chi connectivity index (χ0) is 20.5. The van der Waals surface area contributed by atoms with Crippen LogP contribution in [0.15, 0.2) is 24.3 Å². The van der Waals surface area contributed by atoms with Crippen molar-refractivity contribution in [3.05, 3.63) is 24.3 Å². The van der Waals surface area contributed by atoms with Gasteiger partial charge < -0.3 is 0 Å². The van der Waals surface area contributed by atoms with Crippen molar-refractivity contribution in [1.82, 2.24) is 0 Å². The van der Waals surface area contributed by atoms with E-state index in [-0.39, 0.29) is 15.8 Å². The third-order valence-electron chi connectivity index (χ3n) is 5.71. The van der Waals surface area contributed by atoms with Gasteiger partial charge in [-0.2, -0.15) is 0 Å². The Morgan fingerprint density at radius 1 is 0.429 bits per heavy atom. The first-order chi connectivity index (χ1) is 13.8. The second-order valence-corrected chi connectivity index (χ2v) is 13.3. The van der Waals surface area contributed by atoms with E-state index in [4.69, 9.17) is 0 Å². The number of hydrogen-bond acceptors (Lipinski definition) is 0. The van der Waals surface area contributed by atoms with Gasteiger partial charge in [0.15, 0.2) is 0 Å². The van der Waals surface area contributed by atoms with Crippen LogP contribution in [0.3, 0.4) is 0 Å². The molecule has 0 atom stereocenters. The molecule has 0 unspecified atom stereocenters. The van der Waals surface area contributed by atoms with E-state index >= 15 is 0 Å². The van der Waals surface area contributed by atoms with E-state index in [1.807, 2.05) is 0 Å². The summed E-state index contributed by atoms with van der Waals surface area (Å²) in [6, 6.07) is 10.1.